The maximum Gasteiger partial charge on any atom is 0.234 e. The monoisotopic (exact) mass is 223 g/mol. The minimum atomic E-state index is 0.0199. The maximum absolute atomic E-state index is 11.9. The van der Waals surface area contributed by atoms with Crippen molar-refractivity contribution in [2.24, 2.45) is 5.92 Å². The van der Waals surface area contributed by atoms with Crippen molar-refractivity contribution in [1.29, 1.82) is 0 Å². The van der Waals surface area contributed by atoms with Crippen molar-refractivity contribution < 1.29 is 9.32 Å². The summed E-state index contributed by atoms with van der Waals surface area (Å²) in [6.45, 7) is 5.50. The van der Waals surface area contributed by atoms with Crippen LogP contribution in [0.25, 0.3) is 0 Å². The number of aromatic nitrogens is 1. The van der Waals surface area contributed by atoms with E-state index in [0.717, 1.165) is 37.2 Å². The van der Waals surface area contributed by atoms with Crippen molar-refractivity contribution in [2.75, 3.05) is 18.4 Å². The average molecular weight is 223 g/mol. The molecule has 0 saturated carbocycles. The van der Waals surface area contributed by atoms with Gasteiger partial charge in [0.15, 0.2) is 0 Å². The summed E-state index contributed by atoms with van der Waals surface area (Å²) < 4.78 is 5.05. The van der Waals surface area contributed by atoms with Crippen molar-refractivity contribution in [3.63, 3.8) is 0 Å². The number of piperidine rings is 1. The Hall–Kier alpha value is -1.36. The molecule has 0 aliphatic carbocycles. The van der Waals surface area contributed by atoms with Crippen LogP contribution >= 0.6 is 0 Å². The van der Waals surface area contributed by atoms with E-state index >= 15 is 0 Å². The zero-order chi connectivity index (χ0) is 11.5. The second-order valence-corrected chi connectivity index (χ2v) is 4.25. The first-order valence-electron chi connectivity index (χ1n) is 5.63. The SMILES string of the molecule is Cc1noc(NC(=O)[C@H]2CCCNC2)c1C. The topological polar surface area (TPSA) is 67.2 Å². The molecule has 0 unspecified atom stereocenters. The van der Waals surface area contributed by atoms with Gasteiger partial charge in [0, 0.05) is 12.1 Å². The molecule has 0 bridgehead atoms. The van der Waals surface area contributed by atoms with E-state index in [4.69, 9.17) is 4.52 Å². The lowest BCUT2D eigenvalue weighted by Gasteiger charge is -2.21. The van der Waals surface area contributed by atoms with Crippen LogP contribution in [0.5, 0.6) is 0 Å². The van der Waals surface area contributed by atoms with Gasteiger partial charge in [-0.3, -0.25) is 10.1 Å². The van der Waals surface area contributed by atoms with Gasteiger partial charge in [-0.25, -0.2) is 0 Å². The third-order valence-corrected chi connectivity index (χ3v) is 3.06. The lowest BCUT2D eigenvalue weighted by molar-refractivity contribution is -0.120. The Morgan fingerprint density at radius 2 is 2.38 bits per heavy atom. The normalized spacial score (nSPS) is 20.8. The van der Waals surface area contributed by atoms with Crippen LogP contribution in [0.3, 0.4) is 0 Å². The molecule has 2 rings (SSSR count). The number of hydrogen-bond acceptors (Lipinski definition) is 4. The number of hydrogen-bond donors (Lipinski definition) is 2. The van der Waals surface area contributed by atoms with E-state index in [1.54, 1.807) is 0 Å². The molecule has 1 saturated heterocycles. The lowest BCUT2D eigenvalue weighted by Crippen LogP contribution is -2.37. The van der Waals surface area contributed by atoms with E-state index in [2.05, 4.69) is 15.8 Å². The summed E-state index contributed by atoms with van der Waals surface area (Å²) in [4.78, 5) is 11.9. The van der Waals surface area contributed by atoms with Crippen molar-refractivity contribution in [2.45, 2.75) is 26.7 Å². The third-order valence-electron chi connectivity index (χ3n) is 3.06. The number of rotatable bonds is 2. The van der Waals surface area contributed by atoms with Crippen LogP contribution in [0.2, 0.25) is 0 Å². The molecule has 1 aliphatic heterocycles. The van der Waals surface area contributed by atoms with Gasteiger partial charge >= 0.3 is 0 Å². The largest absolute Gasteiger partial charge is 0.338 e. The molecule has 1 aromatic rings. The molecule has 0 aromatic carbocycles. The van der Waals surface area contributed by atoms with Gasteiger partial charge in [-0.1, -0.05) is 5.16 Å². The molecule has 1 aliphatic rings. The molecular formula is C11H17N3O2. The molecule has 0 spiro atoms. The maximum atomic E-state index is 11.9. The highest BCUT2D eigenvalue weighted by molar-refractivity contribution is 5.92. The molecule has 5 nitrogen and oxygen atoms in total. The van der Waals surface area contributed by atoms with Crippen LogP contribution in [0, 0.1) is 19.8 Å². The second kappa shape index (κ2) is 4.65. The fourth-order valence-electron chi connectivity index (χ4n) is 1.82. The zero-order valence-corrected chi connectivity index (χ0v) is 9.67. The fraction of sp³-hybridized carbons (Fsp3) is 0.636. The number of carbonyl (C=O) groups excluding carboxylic acids is 1. The van der Waals surface area contributed by atoms with Crippen molar-refractivity contribution >= 4 is 11.8 Å². The van der Waals surface area contributed by atoms with E-state index < -0.39 is 0 Å². The van der Waals surface area contributed by atoms with Crippen molar-refractivity contribution in [1.82, 2.24) is 10.5 Å². The highest BCUT2D eigenvalue weighted by atomic mass is 16.5. The average Bonchev–Trinajstić information content (AvgIpc) is 2.62. The number of carbonyl (C=O) groups is 1. The Morgan fingerprint density at radius 3 is 2.94 bits per heavy atom. The van der Waals surface area contributed by atoms with E-state index in [0.29, 0.717) is 5.88 Å². The summed E-state index contributed by atoms with van der Waals surface area (Å²) in [6.07, 6.45) is 1.98. The first-order valence-corrected chi connectivity index (χ1v) is 5.63. The van der Waals surface area contributed by atoms with Crippen LogP contribution < -0.4 is 10.6 Å². The summed E-state index contributed by atoms with van der Waals surface area (Å²) in [5.74, 6) is 0.540. The number of anilines is 1. The molecule has 1 amide bonds. The molecule has 16 heavy (non-hydrogen) atoms. The molecule has 5 heteroatoms. The highest BCUT2D eigenvalue weighted by Gasteiger charge is 2.22. The lowest BCUT2D eigenvalue weighted by atomic mass is 9.99. The van der Waals surface area contributed by atoms with Crippen LogP contribution in [0.4, 0.5) is 5.88 Å². The predicted molar refractivity (Wildman–Crippen MR) is 60.2 cm³/mol. The van der Waals surface area contributed by atoms with Crippen LogP contribution in [0.1, 0.15) is 24.1 Å². The van der Waals surface area contributed by atoms with Gasteiger partial charge in [0.2, 0.25) is 11.8 Å². The van der Waals surface area contributed by atoms with Gasteiger partial charge < -0.3 is 9.84 Å². The van der Waals surface area contributed by atoms with Gasteiger partial charge in [0.1, 0.15) is 0 Å². The molecule has 88 valence electrons. The summed E-state index contributed by atoms with van der Waals surface area (Å²) in [5.41, 5.74) is 1.72. The quantitative estimate of drug-likeness (QED) is 0.791. The Bertz CT molecular complexity index is 381. The van der Waals surface area contributed by atoms with Gasteiger partial charge in [0.05, 0.1) is 11.6 Å². The Labute approximate surface area is 94.6 Å². The van der Waals surface area contributed by atoms with E-state index in [-0.39, 0.29) is 11.8 Å². The van der Waals surface area contributed by atoms with Crippen LogP contribution in [0.15, 0.2) is 4.52 Å². The fourth-order valence-corrected chi connectivity index (χ4v) is 1.82. The highest BCUT2D eigenvalue weighted by Crippen LogP contribution is 2.19. The Kier molecular flexibility index (Phi) is 3.24. The zero-order valence-electron chi connectivity index (χ0n) is 9.67. The Balaban J connectivity index is 1.98. The number of amides is 1. The third kappa shape index (κ3) is 2.24. The number of aryl methyl sites for hydroxylation is 1. The molecule has 2 N–H and O–H groups in total. The number of nitrogens with zero attached hydrogens (tertiary/aromatic N) is 1. The minimum absolute atomic E-state index is 0.0199. The summed E-state index contributed by atoms with van der Waals surface area (Å²) in [6, 6.07) is 0. The van der Waals surface area contributed by atoms with Gasteiger partial charge in [-0.15, -0.1) is 0 Å². The molecule has 0 radical (unpaired) electrons. The second-order valence-electron chi connectivity index (χ2n) is 4.25. The van der Waals surface area contributed by atoms with Gasteiger partial charge in [-0.05, 0) is 33.2 Å². The van der Waals surface area contributed by atoms with Gasteiger partial charge in [-0.2, -0.15) is 0 Å². The summed E-state index contributed by atoms with van der Waals surface area (Å²) >= 11 is 0. The summed E-state index contributed by atoms with van der Waals surface area (Å²) in [5, 5.41) is 9.82. The Morgan fingerprint density at radius 1 is 1.56 bits per heavy atom. The van der Waals surface area contributed by atoms with Crippen LogP contribution in [-0.2, 0) is 4.79 Å². The van der Waals surface area contributed by atoms with Crippen LogP contribution in [-0.4, -0.2) is 24.2 Å². The molecule has 1 fully saturated rings. The van der Waals surface area contributed by atoms with Crippen molar-refractivity contribution in [3.05, 3.63) is 11.3 Å². The molecule has 1 atom stereocenters. The van der Waals surface area contributed by atoms with Gasteiger partial charge in [0.25, 0.3) is 0 Å². The molecule has 1 aromatic heterocycles. The predicted octanol–water partition coefficient (Wildman–Crippen LogP) is 1.23. The van der Waals surface area contributed by atoms with Crippen molar-refractivity contribution in [3.8, 4) is 0 Å². The van der Waals surface area contributed by atoms with E-state index in [1.165, 1.54) is 0 Å². The molecular weight excluding hydrogens is 206 g/mol. The van der Waals surface area contributed by atoms with E-state index in [9.17, 15) is 4.79 Å². The summed E-state index contributed by atoms with van der Waals surface area (Å²) in [7, 11) is 0. The molecule has 2 heterocycles. The van der Waals surface area contributed by atoms with E-state index in [1.807, 2.05) is 13.8 Å². The first kappa shape index (κ1) is 11.1. The smallest absolute Gasteiger partial charge is 0.234 e. The standard InChI is InChI=1S/C11H17N3O2/c1-7-8(2)14-16-11(7)13-10(15)9-4-3-5-12-6-9/h9,12H,3-6H2,1-2H3,(H,13,15)/t9-/m0/s1. The number of nitrogens with one attached hydrogen (secondary N) is 2. The first-order chi connectivity index (χ1) is 7.68. The minimum Gasteiger partial charge on any atom is -0.338 e.